The fraction of sp³-hybridized carbons (Fsp3) is 0.679. The van der Waals surface area contributed by atoms with E-state index in [4.69, 9.17) is 9.47 Å². The van der Waals surface area contributed by atoms with Crippen molar-refractivity contribution in [2.45, 2.75) is 218 Å². The number of likely N-dealkylation sites (tertiary alicyclic amines) is 2. The Morgan fingerprint density at radius 3 is 1.27 bits per heavy atom. The number of halogens is 4. The molecule has 0 unspecified atom stereocenters. The van der Waals surface area contributed by atoms with E-state index in [9.17, 15) is 47.0 Å². The number of carbonyl (C=O) groups is 4. The minimum atomic E-state index is -2.75. The summed E-state index contributed by atoms with van der Waals surface area (Å²) in [5, 5.41) is 43.9. The zero-order valence-electron chi connectivity index (χ0n) is 50.1. The highest BCUT2D eigenvalue weighted by atomic mass is 19.3. The highest BCUT2D eigenvalue weighted by Gasteiger charge is 2.43. The van der Waals surface area contributed by atoms with Gasteiger partial charge in [-0.05, 0) is 132 Å². The van der Waals surface area contributed by atoms with Crippen molar-refractivity contribution in [1.29, 1.82) is 0 Å². The van der Waals surface area contributed by atoms with Gasteiger partial charge in [-0.25, -0.2) is 75.4 Å². The Hall–Kier alpha value is -7.50. The fourth-order valence-corrected chi connectivity index (χ4v) is 11.4. The molecular formula is C56H78F4N18O8. The van der Waals surface area contributed by atoms with E-state index in [1.54, 1.807) is 63.7 Å². The number of aliphatic hydroxyl groups excluding tert-OH is 2. The lowest BCUT2D eigenvalue weighted by molar-refractivity contribution is -0.0501. The van der Waals surface area contributed by atoms with E-state index in [0.29, 0.717) is 35.6 Å². The van der Waals surface area contributed by atoms with E-state index in [1.165, 1.54) is 43.4 Å². The van der Waals surface area contributed by atoms with E-state index in [2.05, 4.69) is 60.9 Å². The van der Waals surface area contributed by atoms with Gasteiger partial charge in [0, 0.05) is 50.9 Å². The average molecular weight is 1210 g/mol. The van der Waals surface area contributed by atoms with Gasteiger partial charge >= 0.3 is 12.2 Å². The van der Waals surface area contributed by atoms with Crippen LogP contribution in [0.3, 0.4) is 0 Å². The zero-order chi connectivity index (χ0) is 62.2. The Kier molecular flexibility index (Phi) is 18.4. The molecule has 0 radical (unpaired) electrons. The maximum Gasteiger partial charge on any atom is 0.410 e. The van der Waals surface area contributed by atoms with Crippen molar-refractivity contribution in [3.05, 3.63) is 71.9 Å². The fourth-order valence-electron chi connectivity index (χ4n) is 11.4. The first-order valence-corrected chi connectivity index (χ1v) is 29.4. The van der Waals surface area contributed by atoms with Crippen LogP contribution in [0.2, 0.25) is 0 Å². The van der Waals surface area contributed by atoms with Gasteiger partial charge in [0.1, 0.15) is 23.9 Å². The van der Waals surface area contributed by atoms with Gasteiger partial charge in [0.2, 0.25) is 23.5 Å². The van der Waals surface area contributed by atoms with Crippen molar-refractivity contribution in [3.63, 3.8) is 0 Å². The maximum absolute atomic E-state index is 14.1. The highest BCUT2D eigenvalue weighted by Crippen LogP contribution is 2.43. The van der Waals surface area contributed by atoms with Crippen LogP contribution in [0.5, 0.6) is 0 Å². The van der Waals surface area contributed by atoms with Crippen molar-refractivity contribution in [2.75, 3.05) is 13.1 Å². The third-order valence-corrected chi connectivity index (χ3v) is 15.8. The number of hydrogen-bond acceptors (Lipinski definition) is 18. The molecule has 6 aromatic rings. The second-order valence-electron chi connectivity index (χ2n) is 25.5. The number of ether oxygens (including phenoxy) is 2. The number of hydrogen-bond donors (Lipinski definition) is 4. The van der Waals surface area contributed by atoms with Gasteiger partial charge in [-0.1, -0.05) is 0 Å². The number of nitrogens with zero attached hydrogens (tertiary/aromatic N) is 16. The summed E-state index contributed by atoms with van der Waals surface area (Å²) in [5.74, 6) is -6.44. The molecule has 26 nitrogen and oxygen atoms in total. The summed E-state index contributed by atoms with van der Waals surface area (Å²) in [6, 6.07) is -2.82. The van der Waals surface area contributed by atoms with Crippen LogP contribution in [0.1, 0.15) is 227 Å². The number of fused-ring (bicyclic) bond motifs is 2. The monoisotopic (exact) mass is 1210 g/mol. The lowest BCUT2D eigenvalue weighted by Gasteiger charge is -2.38. The number of nitrogens with one attached hydrogen (secondary N) is 2. The first kappa shape index (κ1) is 63.0. The predicted molar refractivity (Wildman–Crippen MR) is 298 cm³/mol. The van der Waals surface area contributed by atoms with Crippen LogP contribution >= 0.6 is 0 Å². The van der Waals surface area contributed by atoms with Crippen LogP contribution in [0.25, 0.3) is 11.6 Å². The average Bonchev–Trinajstić information content (AvgIpc) is 2.06. The van der Waals surface area contributed by atoms with Crippen LogP contribution in [0.4, 0.5) is 27.2 Å². The van der Waals surface area contributed by atoms with Gasteiger partial charge in [0.25, 0.3) is 23.4 Å². The van der Waals surface area contributed by atoms with Crippen LogP contribution in [0, 0.1) is 11.8 Å². The van der Waals surface area contributed by atoms with E-state index in [0.717, 1.165) is 0 Å². The lowest BCUT2D eigenvalue weighted by atomic mass is 9.81. The molecule has 6 aromatic heterocycles. The quantitative estimate of drug-likeness (QED) is 0.0842. The number of amides is 4. The normalized spacial score (nSPS) is 22.1. The molecule has 0 spiro atoms. The first-order chi connectivity index (χ1) is 40.4. The molecular weight excluding hydrogens is 1130 g/mol. The molecule has 8 heterocycles. The molecule has 4 aliphatic rings. The standard InChI is InChI=1S/2C28H39F2N9O4/c2*1-16(2)39-23(31-15-33-39)24(41)36-22(17-6-9-28(29,30)10-7-17)20-14-38-25(35-20)34-19(13-32-38)21-12-18(40)8-11-37(21)26(42)43-27(3,4)5/h2*13-18,21-22,40H,6-12H2,1-5H3,(H,36,41)/t18-,21+,22-;18-,21-,22-/m00/s1. The van der Waals surface area contributed by atoms with Crippen LogP contribution in [-0.2, 0) is 9.47 Å². The molecule has 2 saturated heterocycles. The molecule has 468 valence electrons. The Labute approximate surface area is 494 Å². The third-order valence-electron chi connectivity index (χ3n) is 15.8. The molecule has 0 bridgehead atoms. The minimum Gasteiger partial charge on any atom is -0.444 e. The predicted octanol–water partition coefficient (Wildman–Crippen LogP) is 8.05. The number of piperidine rings is 2. The summed E-state index contributed by atoms with van der Waals surface area (Å²) in [6.45, 7) is 18.8. The summed E-state index contributed by atoms with van der Waals surface area (Å²) in [6.07, 6.45) is 7.53. The SMILES string of the molecule is CC(C)n1ncnc1C(=O)N[C@H](c1cn2ncc([C@@H]3C[C@@H](O)CCN3C(=O)OC(C)(C)C)nc2n1)C1CCC(F)(F)CC1.CC(C)n1ncnc1C(=O)N[C@H](c1cn2ncc([C@H]3C[C@@H](O)CCN3C(=O)OC(C)(C)C)nc2n1)C1CCC(F)(F)CC1. The molecule has 4 amide bonds. The van der Waals surface area contributed by atoms with Gasteiger partial charge in [-0.15, -0.1) is 0 Å². The zero-order valence-corrected chi connectivity index (χ0v) is 50.1. The minimum absolute atomic E-state index is 0.113. The third kappa shape index (κ3) is 15.0. The van der Waals surface area contributed by atoms with Crippen molar-refractivity contribution < 1.29 is 56.4 Å². The number of aromatic nitrogens is 14. The van der Waals surface area contributed by atoms with Gasteiger partial charge in [0.05, 0.1) is 83.9 Å². The molecule has 30 heteroatoms. The number of imidazole rings is 2. The topological polar surface area (TPSA) is 305 Å². The van der Waals surface area contributed by atoms with Gasteiger partial charge in [0.15, 0.2) is 0 Å². The van der Waals surface area contributed by atoms with E-state index in [-0.39, 0.29) is 124 Å². The second kappa shape index (κ2) is 25.1. The molecule has 0 aromatic carbocycles. The van der Waals surface area contributed by atoms with Gasteiger partial charge in [-0.3, -0.25) is 19.4 Å². The highest BCUT2D eigenvalue weighted by molar-refractivity contribution is 5.91. The second-order valence-corrected chi connectivity index (χ2v) is 25.5. The largest absolute Gasteiger partial charge is 0.444 e. The van der Waals surface area contributed by atoms with Crippen LogP contribution < -0.4 is 10.6 Å². The van der Waals surface area contributed by atoms with Crippen LogP contribution in [0.15, 0.2) is 37.4 Å². The van der Waals surface area contributed by atoms with Crippen molar-refractivity contribution in [3.8, 4) is 0 Å². The number of carbonyl (C=O) groups excluding carboxylic acids is 4. The summed E-state index contributed by atoms with van der Waals surface area (Å²) in [4.78, 5) is 82.7. The molecule has 2 aliphatic carbocycles. The first-order valence-electron chi connectivity index (χ1n) is 29.4. The summed E-state index contributed by atoms with van der Waals surface area (Å²) in [7, 11) is 0. The van der Waals surface area contributed by atoms with Crippen LogP contribution in [-0.4, -0.2) is 161 Å². The Balaban J connectivity index is 0.000000205. The lowest BCUT2D eigenvalue weighted by Crippen LogP contribution is -2.45. The van der Waals surface area contributed by atoms with Crippen molar-refractivity contribution >= 4 is 35.6 Å². The maximum atomic E-state index is 14.1. The Morgan fingerprint density at radius 2 is 0.930 bits per heavy atom. The smallest absolute Gasteiger partial charge is 0.410 e. The molecule has 4 N–H and O–H groups in total. The Bertz CT molecular complexity index is 3130. The number of alkyl halides is 4. The van der Waals surface area contributed by atoms with E-state index in [1.807, 2.05) is 27.7 Å². The molecule has 2 saturated carbocycles. The molecule has 6 atom stereocenters. The molecule has 10 rings (SSSR count). The van der Waals surface area contributed by atoms with Crippen molar-refractivity contribution in [1.82, 2.24) is 89.1 Å². The summed E-state index contributed by atoms with van der Waals surface area (Å²) in [5.41, 5.74) is 0.300. The van der Waals surface area contributed by atoms with E-state index < -0.39 is 83.4 Å². The summed E-state index contributed by atoms with van der Waals surface area (Å²) < 4.78 is 73.3. The van der Waals surface area contributed by atoms with Gasteiger partial charge in [-0.2, -0.15) is 20.4 Å². The van der Waals surface area contributed by atoms with Crippen molar-refractivity contribution in [2.24, 2.45) is 11.8 Å². The Morgan fingerprint density at radius 1 is 0.570 bits per heavy atom. The molecule has 4 fully saturated rings. The molecule has 86 heavy (non-hydrogen) atoms. The summed E-state index contributed by atoms with van der Waals surface area (Å²) >= 11 is 0. The van der Waals surface area contributed by atoms with Gasteiger partial charge < -0.3 is 30.3 Å². The number of rotatable bonds is 12. The van der Waals surface area contributed by atoms with E-state index >= 15 is 0 Å². The number of aliphatic hydroxyl groups is 2. The molecule has 2 aliphatic heterocycles.